The molecular weight excluding hydrogens is 224 g/mol. The number of ether oxygens (including phenoxy) is 1. The molecule has 1 atom stereocenters. The lowest BCUT2D eigenvalue weighted by atomic mass is 10.2. The van der Waals surface area contributed by atoms with E-state index in [2.05, 4.69) is 6.07 Å². The second-order valence-corrected chi connectivity index (χ2v) is 4.45. The molecule has 1 aromatic rings. The molecule has 0 spiro atoms. The molecule has 4 nitrogen and oxygen atoms in total. The summed E-state index contributed by atoms with van der Waals surface area (Å²) in [5.74, 6) is 0.320. The van der Waals surface area contributed by atoms with E-state index in [1.54, 1.807) is 24.9 Å². The van der Waals surface area contributed by atoms with Crippen molar-refractivity contribution in [1.82, 2.24) is 4.90 Å². The first-order valence-electron chi connectivity index (χ1n) is 4.86. The standard InChI is InChI=1S/C11H14N2O2S/c1-8(6-12)7-13(2)11(14)10-9(15-3)4-5-16-10/h4-5,8H,7H2,1-3H3. The number of methoxy groups -OCH3 is 1. The van der Waals surface area contributed by atoms with E-state index in [4.69, 9.17) is 10.00 Å². The molecule has 0 bridgehead atoms. The Hall–Kier alpha value is -1.54. The molecule has 0 aliphatic rings. The first kappa shape index (κ1) is 12.5. The van der Waals surface area contributed by atoms with Crippen molar-refractivity contribution in [2.45, 2.75) is 6.92 Å². The molecule has 0 aromatic carbocycles. The largest absolute Gasteiger partial charge is 0.495 e. The fourth-order valence-corrected chi connectivity index (χ4v) is 2.17. The molecule has 0 fully saturated rings. The molecule has 0 aliphatic heterocycles. The van der Waals surface area contributed by atoms with Crippen LogP contribution < -0.4 is 4.74 Å². The Labute approximate surface area is 99.1 Å². The zero-order chi connectivity index (χ0) is 12.1. The lowest BCUT2D eigenvalue weighted by Crippen LogP contribution is -2.30. The number of nitrogens with zero attached hydrogens (tertiary/aromatic N) is 2. The van der Waals surface area contributed by atoms with Gasteiger partial charge in [-0.3, -0.25) is 4.79 Å². The first-order valence-corrected chi connectivity index (χ1v) is 5.74. The molecule has 0 saturated heterocycles. The summed E-state index contributed by atoms with van der Waals surface area (Å²) in [6.45, 7) is 2.21. The van der Waals surface area contributed by atoms with Gasteiger partial charge in [0.2, 0.25) is 0 Å². The number of thiophene rings is 1. The van der Waals surface area contributed by atoms with E-state index in [0.29, 0.717) is 17.2 Å². The highest BCUT2D eigenvalue weighted by Gasteiger charge is 2.19. The van der Waals surface area contributed by atoms with Crippen LogP contribution >= 0.6 is 11.3 Å². The first-order chi connectivity index (χ1) is 7.60. The van der Waals surface area contributed by atoms with Crippen molar-refractivity contribution < 1.29 is 9.53 Å². The van der Waals surface area contributed by atoms with Gasteiger partial charge in [0.05, 0.1) is 19.1 Å². The molecule has 1 heterocycles. The molecule has 1 aromatic heterocycles. The molecule has 1 unspecified atom stereocenters. The number of hydrogen-bond acceptors (Lipinski definition) is 4. The van der Waals surface area contributed by atoms with Gasteiger partial charge in [0, 0.05) is 13.6 Å². The summed E-state index contributed by atoms with van der Waals surface area (Å²) in [5, 5.41) is 10.5. The third kappa shape index (κ3) is 2.74. The summed E-state index contributed by atoms with van der Waals surface area (Å²) in [7, 11) is 3.23. The molecule has 1 amide bonds. The minimum Gasteiger partial charge on any atom is -0.495 e. The predicted molar refractivity (Wildman–Crippen MR) is 62.6 cm³/mol. The van der Waals surface area contributed by atoms with Gasteiger partial charge in [0.1, 0.15) is 10.6 Å². The highest BCUT2D eigenvalue weighted by molar-refractivity contribution is 7.12. The highest BCUT2D eigenvalue weighted by atomic mass is 32.1. The molecule has 1 rings (SSSR count). The van der Waals surface area contributed by atoms with Gasteiger partial charge in [-0.2, -0.15) is 5.26 Å². The maximum Gasteiger partial charge on any atom is 0.267 e. The Morgan fingerprint density at radius 1 is 1.75 bits per heavy atom. The van der Waals surface area contributed by atoms with Crippen LogP contribution in [0.4, 0.5) is 0 Å². The highest BCUT2D eigenvalue weighted by Crippen LogP contribution is 2.25. The summed E-state index contributed by atoms with van der Waals surface area (Å²) in [6.07, 6.45) is 0. The maximum atomic E-state index is 12.0. The van der Waals surface area contributed by atoms with Crippen molar-refractivity contribution in [3.63, 3.8) is 0 Å². The Morgan fingerprint density at radius 3 is 3.00 bits per heavy atom. The van der Waals surface area contributed by atoms with Crippen molar-refractivity contribution in [1.29, 1.82) is 5.26 Å². The van der Waals surface area contributed by atoms with Crippen molar-refractivity contribution in [3.8, 4) is 11.8 Å². The second kappa shape index (κ2) is 5.52. The van der Waals surface area contributed by atoms with Crippen LogP contribution in [0.5, 0.6) is 5.75 Å². The van der Waals surface area contributed by atoms with E-state index in [1.165, 1.54) is 18.4 Å². The Morgan fingerprint density at radius 2 is 2.44 bits per heavy atom. The number of rotatable bonds is 4. The van der Waals surface area contributed by atoms with Crippen LogP contribution in [0.3, 0.4) is 0 Å². The van der Waals surface area contributed by atoms with Crippen molar-refractivity contribution in [2.24, 2.45) is 5.92 Å². The van der Waals surface area contributed by atoms with E-state index in [-0.39, 0.29) is 11.8 Å². The average Bonchev–Trinajstić information content (AvgIpc) is 2.75. The third-order valence-electron chi connectivity index (χ3n) is 2.16. The van der Waals surface area contributed by atoms with E-state index >= 15 is 0 Å². The van der Waals surface area contributed by atoms with Gasteiger partial charge in [-0.1, -0.05) is 0 Å². The number of hydrogen-bond donors (Lipinski definition) is 0. The van der Waals surface area contributed by atoms with Gasteiger partial charge < -0.3 is 9.64 Å². The van der Waals surface area contributed by atoms with E-state index in [0.717, 1.165) is 0 Å². The van der Waals surface area contributed by atoms with Gasteiger partial charge in [0.25, 0.3) is 5.91 Å². The lowest BCUT2D eigenvalue weighted by Gasteiger charge is -2.17. The molecule has 5 heteroatoms. The van der Waals surface area contributed by atoms with Crippen molar-refractivity contribution in [3.05, 3.63) is 16.3 Å². The quantitative estimate of drug-likeness (QED) is 0.806. The maximum absolute atomic E-state index is 12.0. The normalized spacial score (nSPS) is 11.6. The minimum atomic E-state index is -0.167. The summed E-state index contributed by atoms with van der Waals surface area (Å²) in [4.78, 5) is 14.1. The van der Waals surface area contributed by atoms with Gasteiger partial charge in [-0.05, 0) is 18.4 Å². The van der Waals surface area contributed by atoms with Crippen LogP contribution in [-0.4, -0.2) is 31.5 Å². The Bertz CT molecular complexity index is 408. The zero-order valence-corrected chi connectivity index (χ0v) is 10.4. The molecule has 16 heavy (non-hydrogen) atoms. The molecule has 0 aliphatic carbocycles. The molecule has 0 saturated carbocycles. The summed E-state index contributed by atoms with van der Waals surface area (Å²) in [5.41, 5.74) is 0. The minimum absolute atomic E-state index is 0.103. The number of carbonyl (C=O) groups is 1. The fraction of sp³-hybridized carbons (Fsp3) is 0.455. The fourth-order valence-electron chi connectivity index (χ4n) is 1.32. The van der Waals surface area contributed by atoms with Crippen molar-refractivity contribution in [2.75, 3.05) is 20.7 Å². The second-order valence-electron chi connectivity index (χ2n) is 3.53. The topological polar surface area (TPSA) is 53.3 Å². The molecule has 0 radical (unpaired) electrons. The van der Waals surface area contributed by atoms with Crippen LogP contribution in [0.15, 0.2) is 11.4 Å². The van der Waals surface area contributed by atoms with Gasteiger partial charge in [-0.15, -0.1) is 11.3 Å². The SMILES string of the molecule is COc1ccsc1C(=O)N(C)CC(C)C#N. The van der Waals surface area contributed by atoms with Crippen molar-refractivity contribution >= 4 is 17.2 Å². The van der Waals surface area contributed by atoms with E-state index in [9.17, 15) is 4.79 Å². The third-order valence-corrected chi connectivity index (χ3v) is 3.04. The van der Waals surface area contributed by atoms with Gasteiger partial charge in [-0.25, -0.2) is 0 Å². The summed E-state index contributed by atoms with van der Waals surface area (Å²) in [6, 6.07) is 3.87. The number of carbonyl (C=O) groups excluding carboxylic acids is 1. The van der Waals surface area contributed by atoms with Crippen LogP contribution in [0, 0.1) is 17.2 Å². The van der Waals surface area contributed by atoms with Crippen LogP contribution in [0.2, 0.25) is 0 Å². The molecule has 0 N–H and O–H groups in total. The predicted octanol–water partition coefficient (Wildman–Crippen LogP) is 1.99. The van der Waals surface area contributed by atoms with Gasteiger partial charge in [0.15, 0.2) is 0 Å². The van der Waals surface area contributed by atoms with E-state index in [1.807, 2.05) is 5.38 Å². The molecule has 86 valence electrons. The monoisotopic (exact) mass is 238 g/mol. The lowest BCUT2D eigenvalue weighted by molar-refractivity contribution is 0.0787. The Kier molecular flexibility index (Phi) is 4.32. The van der Waals surface area contributed by atoms with Crippen LogP contribution in [-0.2, 0) is 0 Å². The van der Waals surface area contributed by atoms with Crippen LogP contribution in [0.1, 0.15) is 16.6 Å². The van der Waals surface area contributed by atoms with E-state index < -0.39 is 0 Å². The number of nitriles is 1. The molecular formula is C11H14N2O2S. The number of amides is 1. The zero-order valence-electron chi connectivity index (χ0n) is 9.56. The summed E-state index contributed by atoms with van der Waals surface area (Å²) >= 11 is 1.35. The Balaban J connectivity index is 2.75. The van der Waals surface area contributed by atoms with Gasteiger partial charge >= 0.3 is 0 Å². The summed E-state index contributed by atoms with van der Waals surface area (Å²) < 4.78 is 5.09. The van der Waals surface area contributed by atoms with Crippen LogP contribution in [0.25, 0.3) is 0 Å². The average molecular weight is 238 g/mol. The smallest absolute Gasteiger partial charge is 0.267 e.